The Balaban J connectivity index is 1.25. The number of aromatic nitrogens is 5. The lowest BCUT2D eigenvalue weighted by molar-refractivity contribution is 0.240. The van der Waals surface area contributed by atoms with Crippen LogP contribution in [0.2, 0.25) is 0 Å². The summed E-state index contributed by atoms with van der Waals surface area (Å²) in [6.07, 6.45) is 6.93. The van der Waals surface area contributed by atoms with E-state index >= 15 is 0 Å². The summed E-state index contributed by atoms with van der Waals surface area (Å²) in [5.74, 6) is 0.774. The van der Waals surface area contributed by atoms with E-state index in [4.69, 9.17) is 0 Å². The maximum Gasteiger partial charge on any atom is 0.315 e. The second-order valence-corrected chi connectivity index (χ2v) is 6.96. The highest BCUT2D eigenvalue weighted by atomic mass is 32.1. The van der Waals surface area contributed by atoms with Gasteiger partial charge in [-0.2, -0.15) is 0 Å². The minimum atomic E-state index is -0.268. The zero-order chi connectivity index (χ0) is 19.2. The van der Waals surface area contributed by atoms with E-state index < -0.39 is 0 Å². The van der Waals surface area contributed by atoms with Gasteiger partial charge in [0.2, 0.25) is 0 Å². The number of hydrogen-bond acceptors (Lipinski definition) is 6. The van der Waals surface area contributed by atoms with Gasteiger partial charge in [-0.3, -0.25) is 4.57 Å². The average molecular weight is 391 g/mol. The maximum atomic E-state index is 12.0. The first-order valence-corrected chi connectivity index (χ1v) is 9.42. The van der Waals surface area contributed by atoms with Gasteiger partial charge in [0, 0.05) is 30.7 Å². The Labute approximate surface area is 165 Å². The molecule has 3 aromatic heterocycles. The maximum absolute atomic E-state index is 12.0. The molecule has 0 saturated carbocycles. The van der Waals surface area contributed by atoms with E-state index in [0.717, 1.165) is 27.0 Å². The molecule has 0 aliphatic carbocycles. The predicted octanol–water partition coefficient (Wildman–Crippen LogP) is 2.79. The molecule has 0 aliphatic rings. The van der Waals surface area contributed by atoms with Gasteiger partial charge in [0.1, 0.15) is 22.2 Å². The van der Waals surface area contributed by atoms with Crippen LogP contribution in [-0.4, -0.2) is 30.8 Å². The molecule has 1 aromatic carbocycles. The topological polar surface area (TPSA) is 97.6 Å². The van der Waals surface area contributed by atoms with Crippen LogP contribution in [-0.2, 0) is 13.1 Å². The summed E-state index contributed by atoms with van der Waals surface area (Å²) >= 11 is 1.46. The van der Waals surface area contributed by atoms with E-state index in [9.17, 15) is 4.79 Å². The van der Waals surface area contributed by atoms with Crippen molar-refractivity contribution >= 4 is 17.4 Å². The van der Waals surface area contributed by atoms with Crippen molar-refractivity contribution in [2.24, 2.45) is 0 Å². The molecule has 0 radical (unpaired) electrons. The Bertz CT molecular complexity index is 1030. The number of pyridine rings is 1. The molecule has 0 saturated heterocycles. The number of urea groups is 1. The quantitative estimate of drug-likeness (QED) is 0.527. The smallest absolute Gasteiger partial charge is 0.315 e. The molecule has 0 aliphatic heterocycles. The summed E-state index contributed by atoms with van der Waals surface area (Å²) in [4.78, 5) is 20.4. The van der Waals surface area contributed by atoms with Crippen molar-refractivity contribution in [1.82, 2.24) is 35.4 Å². The Hall–Kier alpha value is -3.59. The first-order valence-electron chi connectivity index (χ1n) is 8.61. The number of benzene rings is 1. The highest BCUT2D eigenvalue weighted by molar-refractivity contribution is 7.14. The van der Waals surface area contributed by atoms with Crippen LogP contribution in [0.3, 0.4) is 0 Å². The summed E-state index contributed by atoms with van der Waals surface area (Å²) in [7, 11) is 0. The van der Waals surface area contributed by atoms with Crippen molar-refractivity contribution in [3.05, 3.63) is 78.0 Å². The van der Waals surface area contributed by atoms with Crippen LogP contribution >= 0.6 is 11.3 Å². The van der Waals surface area contributed by atoms with E-state index in [2.05, 4.69) is 30.8 Å². The molecule has 0 spiro atoms. The third-order valence-corrected chi connectivity index (χ3v) is 4.89. The highest BCUT2D eigenvalue weighted by Gasteiger charge is 2.08. The van der Waals surface area contributed by atoms with Crippen molar-refractivity contribution in [3.8, 4) is 16.4 Å². The van der Waals surface area contributed by atoms with Gasteiger partial charge < -0.3 is 10.6 Å². The summed E-state index contributed by atoms with van der Waals surface area (Å²) < 4.78 is 1.82. The van der Waals surface area contributed by atoms with Gasteiger partial charge in [0.05, 0.1) is 6.54 Å². The van der Waals surface area contributed by atoms with Crippen LogP contribution in [0.25, 0.3) is 16.4 Å². The fourth-order valence-corrected chi connectivity index (χ4v) is 3.28. The van der Waals surface area contributed by atoms with Crippen LogP contribution < -0.4 is 10.6 Å². The van der Waals surface area contributed by atoms with Crippen molar-refractivity contribution in [2.45, 2.75) is 13.1 Å². The molecule has 2 amide bonds. The third kappa shape index (κ3) is 4.38. The molecular formula is C19H17N7OS. The van der Waals surface area contributed by atoms with Crippen molar-refractivity contribution in [1.29, 1.82) is 0 Å². The highest BCUT2D eigenvalue weighted by Crippen LogP contribution is 2.22. The van der Waals surface area contributed by atoms with Crippen LogP contribution in [0, 0.1) is 0 Å². The fourth-order valence-electron chi connectivity index (χ4n) is 2.49. The van der Waals surface area contributed by atoms with Crippen LogP contribution in [0.5, 0.6) is 0 Å². The number of nitrogens with one attached hydrogen (secondary N) is 2. The van der Waals surface area contributed by atoms with Gasteiger partial charge in [0.25, 0.3) is 0 Å². The van der Waals surface area contributed by atoms with E-state index in [0.29, 0.717) is 13.1 Å². The number of hydrogen-bond donors (Lipinski definition) is 2. The van der Waals surface area contributed by atoms with Gasteiger partial charge in [-0.25, -0.2) is 14.8 Å². The second kappa shape index (κ2) is 8.40. The monoisotopic (exact) mass is 391 g/mol. The molecule has 4 aromatic rings. The van der Waals surface area contributed by atoms with Crippen LogP contribution in [0.1, 0.15) is 10.6 Å². The molecule has 140 valence electrons. The summed E-state index contributed by atoms with van der Waals surface area (Å²) in [5.41, 5.74) is 1.92. The van der Waals surface area contributed by atoms with Gasteiger partial charge in [-0.15, -0.1) is 10.2 Å². The lowest BCUT2D eigenvalue weighted by Crippen LogP contribution is -2.34. The fraction of sp³-hybridized carbons (Fsp3) is 0.105. The number of carbonyl (C=O) groups excluding carboxylic acids is 1. The van der Waals surface area contributed by atoms with Crippen LogP contribution in [0.15, 0.2) is 67.4 Å². The molecular weight excluding hydrogens is 374 g/mol. The minimum absolute atomic E-state index is 0.268. The Morgan fingerprint density at radius 2 is 1.89 bits per heavy atom. The SMILES string of the molecule is O=C(NCc1ccc(-n2ccnc2)nc1)NCc1nnc(-c2ccccc2)s1. The number of nitrogens with zero attached hydrogens (tertiary/aromatic N) is 5. The first-order chi connectivity index (χ1) is 13.8. The van der Waals surface area contributed by atoms with E-state index in [-0.39, 0.29) is 6.03 Å². The van der Waals surface area contributed by atoms with Gasteiger partial charge in [-0.05, 0) is 11.6 Å². The summed E-state index contributed by atoms with van der Waals surface area (Å²) in [6, 6.07) is 13.4. The lowest BCUT2D eigenvalue weighted by Gasteiger charge is -2.07. The normalized spacial score (nSPS) is 10.6. The Kier molecular flexibility index (Phi) is 5.34. The number of carbonyl (C=O) groups is 1. The molecule has 0 unspecified atom stereocenters. The molecule has 9 heteroatoms. The molecule has 2 N–H and O–H groups in total. The van der Waals surface area contributed by atoms with E-state index in [1.165, 1.54) is 11.3 Å². The van der Waals surface area contributed by atoms with E-state index in [1.807, 2.05) is 53.2 Å². The van der Waals surface area contributed by atoms with E-state index in [1.54, 1.807) is 18.7 Å². The number of imidazole rings is 1. The molecule has 8 nitrogen and oxygen atoms in total. The Morgan fingerprint density at radius 1 is 1.04 bits per heavy atom. The van der Waals surface area contributed by atoms with Gasteiger partial charge >= 0.3 is 6.03 Å². The molecule has 3 heterocycles. The van der Waals surface area contributed by atoms with Gasteiger partial charge in [-0.1, -0.05) is 47.7 Å². The zero-order valence-electron chi connectivity index (χ0n) is 14.8. The molecule has 0 atom stereocenters. The number of rotatable bonds is 6. The first kappa shape index (κ1) is 17.8. The predicted molar refractivity (Wildman–Crippen MR) is 106 cm³/mol. The minimum Gasteiger partial charge on any atom is -0.334 e. The van der Waals surface area contributed by atoms with Crippen molar-refractivity contribution < 1.29 is 4.79 Å². The third-order valence-electron chi connectivity index (χ3n) is 3.92. The molecule has 0 bridgehead atoms. The molecule has 28 heavy (non-hydrogen) atoms. The second-order valence-electron chi connectivity index (χ2n) is 5.90. The largest absolute Gasteiger partial charge is 0.334 e. The molecule has 0 fully saturated rings. The van der Waals surface area contributed by atoms with Crippen LogP contribution in [0.4, 0.5) is 4.79 Å². The van der Waals surface area contributed by atoms with Crippen molar-refractivity contribution in [2.75, 3.05) is 0 Å². The summed E-state index contributed by atoms with van der Waals surface area (Å²) in [6.45, 7) is 0.711. The standard InChI is InChI=1S/C19H17N7OS/c27-19(22-11-14-6-7-16(21-10-14)26-9-8-20-13-26)23-12-17-24-25-18(28-17)15-4-2-1-3-5-15/h1-10,13H,11-12H2,(H2,22,23,27). The Morgan fingerprint density at radius 3 is 2.64 bits per heavy atom. The van der Waals surface area contributed by atoms with Crippen molar-refractivity contribution in [3.63, 3.8) is 0 Å². The summed E-state index contributed by atoms with van der Waals surface area (Å²) in [5, 5.41) is 15.5. The number of amides is 2. The average Bonchev–Trinajstić information content (AvgIpc) is 3.44. The lowest BCUT2D eigenvalue weighted by atomic mass is 10.2. The molecule has 4 rings (SSSR count). The van der Waals surface area contributed by atoms with Gasteiger partial charge in [0.15, 0.2) is 0 Å². The zero-order valence-corrected chi connectivity index (χ0v) is 15.6.